The second kappa shape index (κ2) is 6.46. The van der Waals surface area contributed by atoms with Crippen molar-refractivity contribution >= 4 is 0 Å². The number of benzene rings is 1. The van der Waals surface area contributed by atoms with Crippen LogP contribution in [0.25, 0.3) is 0 Å². The second-order valence-electron chi connectivity index (χ2n) is 8.60. The Bertz CT molecular complexity index is 754. The van der Waals surface area contributed by atoms with Crippen molar-refractivity contribution < 1.29 is 4.52 Å². The first-order valence-electron chi connectivity index (χ1n) is 10.1. The molecule has 0 unspecified atom stereocenters. The van der Waals surface area contributed by atoms with Gasteiger partial charge in [-0.1, -0.05) is 41.9 Å². The summed E-state index contributed by atoms with van der Waals surface area (Å²) in [6.45, 7) is 0.962. The van der Waals surface area contributed by atoms with Gasteiger partial charge in [0.05, 0.1) is 0 Å². The Morgan fingerprint density at radius 1 is 1.15 bits per heavy atom. The quantitative estimate of drug-likeness (QED) is 0.835. The van der Waals surface area contributed by atoms with Crippen LogP contribution in [-0.4, -0.2) is 28.8 Å². The Hall–Kier alpha value is -1.72. The van der Waals surface area contributed by atoms with Crippen LogP contribution < -0.4 is 11.1 Å². The van der Waals surface area contributed by atoms with Crippen LogP contribution in [0.3, 0.4) is 0 Å². The van der Waals surface area contributed by atoms with E-state index in [0.29, 0.717) is 17.9 Å². The molecule has 5 heteroatoms. The normalized spacial score (nSPS) is 32.3. The Morgan fingerprint density at radius 3 is 2.77 bits per heavy atom. The van der Waals surface area contributed by atoms with Gasteiger partial charge in [0.2, 0.25) is 5.89 Å². The van der Waals surface area contributed by atoms with Crippen LogP contribution in [0.5, 0.6) is 0 Å². The van der Waals surface area contributed by atoms with Crippen molar-refractivity contribution in [2.45, 2.75) is 74.3 Å². The van der Waals surface area contributed by atoms with Gasteiger partial charge in [0, 0.05) is 35.9 Å². The molecule has 0 aliphatic heterocycles. The third-order valence-corrected chi connectivity index (χ3v) is 6.55. The summed E-state index contributed by atoms with van der Waals surface area (Å²) in [5.74, 6) is 2.75. The molecule has 0 radical (unpaired) electrons. The number of hydrogen-bond donors (Lipinski definition) is 2. The molecule has 1 heterocycles. The van der Waals surface area contributed by atoms with Gasteiger partial charge in [-0.2, -0.15) is 4.98 Å². The summed E-state index contributed by atoms with van der Waals surface area (Å²) in [5.41, 5.74) is 7.67. The van der Waals surface area contributed by atoms with E-state index >= 15 is 0 Å². The lowest BCUT2D eigenvalue weighted by atomic mass is 9.86. The van der Waals surface area contributed by atoms with Crippen molar-refractivity contribution in [2.24, 2.45) is 5.73 Å². The van der Waals surface area contributed by atoms with Gasteiger partial charge in [-0.25, -0.2) is 0 Å². The van der Waals surface area contributed by atoms with Crippen molar-refractivity contribution in [1.82, 2.24) is 15.5 Å². The van der Waals surface area contributed by atoms with E-state index in [1.54, 1.807) is 0 Å². The van der Waals surface area contributed by atoms with Gasteiger partial charge in [0.1, 0.15) is 0 Å². The molecule has 3 saturated carbocycles. The smallest absolute Gasteiger partial charge is 0.229 e. The predicted molar refractivity (Wildman–Crippen MR) is 100.0 cm³/mol. The molecule has 138 valence electrons. The van der Waals surface area contributed by atoms with Gasteiger partial charge in [0.25, 0.3) is 0 Å². The summed E-state index contributed by atoms with van der Waals surface area (Å²) in [6, 6.07) is 11.7. The van der Waals surface area contributed by atoms with Crippen LogP contribution in [0.1, 0.15) is 74.1 Å². The molecule has 0 saturated heterocycles. The number of nitrogens with zero attached hydrogens (tertiary/aromatic N) is 2. The minimum Gasteiger partial charge on any atom is -0.339 e. The van der Waals surface area contributed by atoms with Gasteiger partial charge in [-0.3, -0.25) is 0 Å². The molecule has 3 aliphatic carbocycles. The summed E-state index contributed by atoms with van der Waals surface area (Å²) in [4.78, 5) is 4.80. The fourth-order valence-corrected chi connectivity index (χ4v) is 4.51. The van der Waals surface area contributed by atoms with Crippen molar-refractivity contribution in [3.8, 4) is 0 Å². The SMILES string of the molecule is N[C@H]1CCC[C@@H](c2nc(C3(CN[C@@H]4C[C@H]4c4ccccc4)CC3)no2)C1. The Kier molecular flexibility index (Phi) is 4.09. The van der Waals surface area contributed by atoms with Crippen molar-refractivity contribution in [3.63, 3.8) is 0 Å². The van der Waals surface area contributed by atoms with E-state index in [1.165, 1.54) is 18.4 Å². The molecule has 3 N–H and O–H groups in total. The lowest BCUT2D eigenvalue weighted by molar-refractivity contribution is 0.296. The molecule has 4 atom stereocenters. The number of hydrogen-bond acceptors (Lipinski definition) is 5. The highest BCUT2D eigenvalue weighted by Gasteiger charge is 2.50. The van der Waals surface area contributed by atoms with Crippen molar-refractivity contribution in [3.05, 3.63) is 47.6 Å². The van der Waals surface area contributed by atoms with Crippen LogP contribution in [0.15, 0.2) is 34.9 Å². The van der Waals surface area contributed by atoms with Gasteiger partial charge in [0.15, 0.2) is 5.82 Å². The monoisotopic (exact) mass is 352 g/mol. The third kappa shape index (κ3) is 3.19. The van der Waals surface area contributed by atoms with E-state index in [-0.39, 0.29) is 11.5 Å². The first kappa shape index (κ1) is 16.5. The van der Waals surface area contributed by atoms with Gasteiger partial charge in [-0.05, 0) is 44.1 Å². The van der Waals surface area contributed by atoms with Crippen LogP contribution in [0.2, 0.25) is 0 Å². The molecule has 3 aliphatic rings. The predicted octanol–water partition coefficient (Wildman–Crippen LogP) is 3.23. The average Bonchev–Trinajstić information content (AvgIpc) is 3.58. The Morgan fingerprint density at radius 2 is 2.00 bits per heavy atom. The van der Waals surface area contributed by atoms with Gasteiger partial charge in [-0.15, -0.1) is 0 Å². The van der Waals surface area contributed by atoms with E-state index < -0.39 is 0 Å². The topological polar surface area (TPSA) is 77.0 Å². The zero-order chi connectivity index (χ0) is 17.6. The molecule has 0 spiro atoms. The zero-order valence-electron chi connectivity index (χ0n) is 15.2. The highest BCUT2D eigenvalue weighted by Crippen LogP contribution is 2.48. The van der Waals surface area contributed by atoms with Crippen molar-refractivity contribution in [2.75, 3.05) is 6.54 Å². The third-order valence-electron chi connectivity index (χ3n) is 6.55. The fourth-order valence-electron chi connectivity index (χ4n) is 4.51. The van der Waals surface area contributed by atoms with E-state index in [9.17, 15) is 0 Å². The molecule has 1 aromatic carbocycles. The lowest BCUT2D eigenvalue weighted by Crippen LogP contribution is -2.30. The van der Waals surface area contributed by atoms with E-state index in [2.05, 4.69) is 40.8 Å². The highest BCUT2D eigenvalue weighted by atomic mass is 16.5. The molecule has 2 aromatic rings. The minimum atomic E-state index is 0.0996. The second-order valence-corrected chi connectivity index (χ2v) is 8.60. The number of aromatic nitrogens is 2. The molecular formula is C21H28N4O. The highest BCUT2D eigenvalue weighted by molar-refractivity contribution is 5.28. The Labute approximate surface area is 154 Å². The zero-order valence-corrected chi connectivity index (χ0v) is 15.2. The molecule has 0 amide bonds. The van der Waals surface area contributed by atoms with Crippen LogP contribution in [0, 0.1) is 0 Å². The molecular weight excluding hydrogens is 324 g/mol. The number of rotatable bonds is 6. The van der Waals surface area contributed by atoms with E-state index in [4.69, 9.17) is 15.2 Å². The maximum Gasteiger partial charge on any atom is 0.229 e. The average molecular weight is 352 g/mol. The summed E-state index contributed by atoms with van der Waals surface area (Å²) in [5, 5.41) is 8.12. The van der Waals surface area contributed by atoms with Gasteiger partial charge < -0.3 is 15.6 Å². The minimum absolute atomic E-state index is 0.0996. The summed E-state index contributed by atoms with van der Waals surface area (Å²) < 4.78 is 5.65. The first-order chi connectivity index (χ1) is 12.7. The van der Waals surface area contributed by atoms with Gasteiger partial charge >= 0.3 is 0 Å². The Balaban J connectivity index is 1.20. The number of nitrogens with one attached hydrogen (secondary N) is 1. The number of nitrogens with two attached hydrogens (primary N) is 1. The standard InChI is InChI=1S/C21H28N4O/c22-16-8-4-7-15(11-16)19-24-20(25-26-19)21(9-10-21)13-23-18-12-17(18)14-5-2-1-3-6-14/h1-3,5-6,15-18,23H,4,7-13,22H2/t15-,16+,17+,18-/m1/s1. The summed E-state index contributed by atoms with van der Waals surface area (Å²) in [6.07, 6.45) is 7.94. The largest absolute Gasteiger partial charge is 0.339 e. The van der Waals surface area contributed by atoms with Crippen LogP contribution in [-0.2, 0) is 5.41 Å². The molecule has 3 fully saturated rings. The molecule has 5 nitrogen and oxygen atoms in total. The van der Waals surface area contributed by atoms with E-state index in [1.807, 2.05) is 0 Å². The molecule has 26 heavy (non-hydrogen) atoms. The molecule has 1 aromatic heterocycles. The molecule has 0 bridgehead atoms. The van der Waals surface area contributed by atoms with E-state index in [0.717, 1.165) is 50.4 Å². The van der Waals surface area contributed by atoms with Crippen LogP contribution >= 0.6 is 0 Å². The maximum absolute atomic E-state index is 6.12. The maximum atomic E-state index is 6.12. The fraction of sp³-hybridized carbons (Fsp3) is 0.619. The lowest BCUT2D eigenvalue weighted by Gasteiger charge is -2.23. The van der Waals surface area contributed by atoms with Crippen LogP contribution in [0.4, 0.5) is 0 Å². The molecule has 5 rings (SSSR count). The van der Waals surface area contributed by atoms with Crippen molar-refractivity contribution in [1.29, 1.82) is 0 Å². The summed E-state index contributed by atoms with van der Waals surface area (Å²) >= 11 is 0. The summed E-state index contributed by atoms with van der Waals surface area (Å²) in [7, 11) is 0. The first-order valence-corrected chi connectivity index (χ1v) is 10.1.